The second-order valence-electron chi connectivity index (χ2n) is 4.46. The molecular formula is C15H20N2. The zero-order valence-electron chi connectivity index (χ0n) is 10.8. The summed E-state index contributed by atoms with van der Waals surface area (Å²) in [7, 11) is 0. The molecule has 17 heavy (non-hydrogen) atoms. The Kier molecular flexibility index (Phi) is 3.52. The summed E-state index contributed by atoms with van der Waals surface area (Å²) in [4.78, 5) is 0. The molecule has 0 aliphatic carbocycles. The highest BCUT2D eigenvalue weighted by Gasteiger charge is 2.01. The first-order valence-corrected chi connectivity index (χ1v) is 6.16. The monoisotopic (exact) mass is 228 g/mol. The minimum atomic E-state index is 0.880. The minimum absolute atomic E-state index is 0.880. The lowest BCUT2D eigenvalue weighted by Gasteiger charge is -2.12. The number of aryl methyl sites for hydroxylation is 3. The molecule has 2 nitrogen and oxygen atoms in total. The quantitative estimate of drug-likeness (QED) is 0.843. The van der Waals surface area contributed by atoms with Crippen LogP contribution in [-0.4, -0.2) is 4.57 Å². The van der Waals surface area contributed by atoms with E-state index >= 15 is 0 Å². The number of anilines is 1. The Hall–Kier alpha value is -1.70. The van der Waals surface area contributed by atoms with Gasteiger partial charge in [0.25, 0.3) is 0 Å². The van der Waals surface area contributed by atoms with Crippen LogP contribution in [0, 0.1) is 13.8 Å². The topological polar surface area (TPSA) is 17.0 Å². The highest BCUT2D eigenvalue weighted by atomic mass is 15.0. The first kappa shape index (κ1) is 11.8. The number of hydrogen-bond donors (Lipinski definition) is 1. The fraction of sp³-hybridized carbons (Fsp3) is 0.333. The van der Waals surface area contributed by atoms with Gasteiger partial charge in [-0.2, -0.15) is 0 Å². The van der Waals surface area contributed by atoms with Gasteiger partial charge in [0.2, 0.25) is 0 Å². The molecule has 0 unspecified atom stereocenters. The van der Waals surface area contributed by atoms with Crippen molar-refractivity contribution in [2.75, 3.05) is 5.32 Å². The van der Waals surface area contributed by atoms with Gasteiger partial charge in [-0.25, -0.2) is 0 Å². The standard InChI is InChI=1S/C15H20N2/c1-4-17-9-5-6-14(17)11-16-15-10-12(2)7-8-13(15)3/h5-10,16H,4,11H2,1-3H3. The molecule has 0 atom stereocenters. The highest BCUT2D eigenvalue weighted by molar-refractivity contribution is 5.52. The maximum atomic E-state index is 3.51. The van der Waals surface area contributed by atoms with E-state index in [9.17, 15) is 0 Å². The first-order valence-electron chi connectivity index (χ1n) is 6.16. The van der Waals surface area contributed by atoms with Crippen LogP contribution in [0.2, 0.25) is 0 Å². The van der Waals surface area contributed by atoms with Gasteiger partial charge >= 0.3 is 0 Å². The molecule has 0 saturated heterocycles. The van der Waals surface area contributed by atoms with Crippen molar-refractivity contribution in [1.29, 1.82) is 0 Å². The van der Waals surface area contributed by atoms with E-state index in [1.54, 1.807) is 0 Å². The van der Waals surface area contributed by atoms with Crippen molar-refractivity contribution in [3.05, 3.63) is 53.3 Å². The zero-order chi connectivity index (χ0) is 12.3. The van der Waals surface area contributed by atoms with Crippen molar-refractivity contribution in [3.8, 4) is 0 Å². The molecule has 1 aromatic carbocycles. The second-order valence-corrected chi connectivity index (χ2v) is 4.46. The van der Waals surface area contributed by atoms with Gasteiger partial charge in [-0.3, -0.25) is 0 Å². The van der Waals surface area contributed by atoms with Crippen LogP contribution in [0.5, 0.6) is 0 Å². The Morgan fingerprint density at radius 3 is 2.76 bits per heavy atom. The van der Waals surface area contributed by atoms with Crippen LogP contribution in [0.25, 0.3) is 0 Å². The van der Waals surface area contributed by atoms with Gasteiger partial charge in [-0.1, -0.05) is 12.1 Å². The third kappa shape index (κ3) is 2.70. The van der Waals surface area contributed by atoms with Gasteiger partial charge in [-0.15, -0.1) is 0 Å². The van der Waals surface area contributed by atoms with Crippen LogP contribution in [-0.2, 0) is 13.1 Å². The summed E-state index contributed by atoms with van der Waals surface area (Å²) in [5, 5.41) is 3.51. The summed E-state index contributed by atoms with van der Waals surface area (Å²) in [5.74, 6) is 0. The summed E-state index contributed by atoms with van der Waals surface area (Å²) in [5.41, 5.74) is 5.15. The summed E-state index contributed by atoms with van der Waals surface area (Å²) in [6.45, 7) is 8.34. The van der Waals surface area contributed by atoms with Crippen LogP contribution in [0.15, 0.2) is 36.5 Å². The molecule has 0 spiro atoms. The predicted molar refractivity (Wildman–Crippen MR) is 73.3 cm³/mol. The molecule has 0 radical (unpaired) electrons. The maximum absolute atomic E-state index is 3.51. The molecule has 1 heterocycles. The van der Waals surface area contributed by atoms with Gasteiger partial charge < -0.3 is 9.88 Å². The van der Waals surface area contributed by atoms with Crippen LogP contribution in [0.4, 0.5) is 5.69 Å². The lowest BCUT2D eigenvalue weighted by molar-refractivity contribution is 0.724. The normalized spacial score (nSPS) is 10.5. The van der Waals surface area contributed by atoms with Gasteiger partial charge in [0.05, 0.1) is 6.54 Å². The fourth-order valence-electron chi connectivity index (χ4n) is 2.03. The molecule has 2 rings (SSSR count). The van der Waals surface area contributed by atoms with E-state index in [2.05, 4.69) is 67.2 Å². The summed E-state index contributed by atoms with van der Waals surface area (Å²) in [6.07, 6.45) is 2.13. The Labute approximate surface area is 103 Å². The van der Waals surface area contributed by atoms with Gasteiger partial charge in [0.1, 0.15) is 0 Å². The largest absolute Gasteiger partial charge is 0.379 e. The van der Waals surface area contributed by atoms with Gasteiger partial charge in [0, 0.05) is 24.1 Å². The summed E-state index contributed by atoms with van der Waals surface area (Å²) < 4.78 is 2.26. The molecule has 1 aromatic heterocycles. The molecule has 1 N–H and O–H groups in total. The van der Waals surface area contributed by atoms with Crippen LogP contribution < -0.4 is 5.32 Å². The number of nitrogens with zero attached hydrogens (tertiary/aromatic N) is 1. The van der Waals surface area contributed by atoms with E-state index in [-0.39, 0.29) is 0 Å². The Bertz CT molecular complexity index is 497. The highest BCUT2D eigenvalue weighted by Crippen LogP contribution is 2.17. The fourth-order valence-corrected chi connectivity index (χ4v) is 2.03. The van der Waals surface area contributed by atoms with Crippen molar-refractivity contribution < 1.29 is 0 Å². The number of nitrogens with one attached hydrogen (secondary N) is 1. The lowest BCUT2D eigenvalue weighted by Crippen LogP contribution is -2.06. The van der Waals surface area contributed by atoms with Crippen molar-refractivity contribution in [2.24, 2.45) is 0 Å². The molecule has 0 aliphatic rings. The number of hydrogen-bond acceptors (Lipinski definition) is 1. The third-order valence-electron chi connectivity index (χ3n) is 3.12. The molecular weight excluding hydrogens is 208 g/mol. The average molecular weight is 228 g/mol. The van der Waals surface area contributed by atoms with E-state index in [0.717, 1.165) is 13.1 Å². The van der Waals surface area contributed by atoms with E-state index in [4.69, 9.17) is 0 Å². The summed E-state index contributed by atoms with van der Waals surface area (Å²) in [6, 6.07) is 10.8. The third-order valence-corrected chi connectivity index (χ3v) is 3.12. The summed E-state index contributed by atoms with van der Waals surface area (Å²) >= 11 is 0. The number of aromatic nitrogens is 1. The van der Waals surface area contributed by atoms with E-state index < -0.39 is 0 Å². The number of rotatable bonds is 4. The molecule has 0 fully saturated rings. The molecule has 0 aliphatic heterocycles. The molecule has 2 heteroatoms. The van der Waals surface area contributed by atoms with Crippen molar-refractivity contribution in [3.63, 3.8) is 0 Å². The smallest absolute Gasteiger partial charge is 0.0553 e. The number of benzene rings is 1. The van der Waals surface area contributed by atoms with E-state index in [0.29, 0.717) is 0 Å². The van der Waals surface area contributed by atoms with Gasteiger partial charge in [-0.05, 0) is 50.1 Å². The zero-order valence-corrected chi connectivity index (χ0v) is 10.8. The lowest BCUT2D eigenvalue weighted by atomic mass is 10.1. The first-order chi connectivity index (χ1) is 8.20. The Balaban J connectivity index is 2.09. The van der Waals surface area contributed by atoms with E-state index in [1.165, 1.54) is 22.5 Å². The molecule has 2 aromatic rings. The van der Waals surface area contributed by atoms with E-state index in [1.807, 2.05) is 0 Å². The molecule has 90 valence electrons. The van der Waals surface area contributed by atoms with Crippen LogP contribution >= 0.6 is 0 Å². The van der Waals surface area contributed by atoms with Crippen molar-refractivity contribution in [1.82, 2.24) is 4.57 Å². The maximum Gasteiger partial charge on any atom is 0.0553 e. The molecule has 0 bridgehead atoms. The van der Waals surface area contributed by atoms with Gasteiger partial charge in [0.15, 0.2) is 0 Å². The van der Waals surface area contributed by atoms with Crippen LogP contribution in [0.3, 0.4) is 0 Å². The molecule has 0 amide bonds. The average Bonchev–Trinajstić information content (AvgIpc) is 2.77. The molecule has 0 saturated carbocycles. The van der Waals surface area contributed by atoms with Crippen molar-refractivity contribution in [2.45, 2.75) is 33.9 Å². The van der Waals surface area contributed by atoms with Crippen LogP contribution in [0.1, 0.15) is 23.7 Å². The second kappa shape index (κ2) is 5.09. The predicted octanol–water partition coefficient (Wildman–Crippen LogP) is 3.74. The van der Waals surface area contributed by atoms with Crippen molar-refractivity contribution >= 4 is 5.69 Å². The Morgan fingerprint density at radius 1 is 1.18 bits per heavy atom. The minimum Gasteiger partial charge on any atom is -0.379 e. The SMILES string of the molecule is CCn1cccc1CNc1cc(C)ccc1C. The Morgan fingerprint density at radius 2 is 2.00 bits per heavy atom.